The first-order valence-electron chi connectivity index (χ1n) is 5.87. The molecule has 1 rings (SSSR count). The lowest BCUT2D eigenvalue weighted by Crippen LogP contribution is -2.33. The Morgan fingerprint density at radius 3 is 2.78 bits per heavy atom. The van der Waals surface area contributed by atoms with Gasteiger partial charge in [-0.2, -0.15) is 5.10 Å². The number of rotatable bonds is 6. The maximum atomic E-state index is 11.6. The second-order valence-corrected chi connectivity index (χ2v) is 4.71. The lowest BCUT2D eigenvalue weighted by molar-refractivity contribution is -0.127. The Kier molecular flexibility index (Phi) is 6.43. The summed E-state index contributed by atoms with van der Waals surface area (Å²) < 4.78 is 6.45. The molecule has 1 unspecified atom stereocenters. The number of amides is 1. The predicted molar refractivity (Wildman–Crippen MR) is 75.8 cm³/mol. The van der Waals surface area contributed by atoms with Crippen molar-refractivity contribution in [3.63, 3.8) is 0 Å². The van der Waals surface area contributed by atoms with Gasteiger partial charge in [0.1, 0.15) is 5.75 Å². The smallest absolute Gasteiger partial charge is 0.280 e. The van der Waals surface area contributed by atoms with Gasteiger partial charge in [-0.05, 0) is 37.6 Å². The Morgan fingerprint density at radius 2 is 2.17 bits per heavy atom. The molecule has 1 atom stereocenters. The van der Waals surface area contributed by atoms with Crippen molar-refractivity contribution in [3.8, 4) is 5.75 Å². The molecule has 0 radical (unpaired) electrons. The summed E-state index contributed by atoms with van der Waals surface area (Å²) >= 11 is 3.34. The van der Waals surface area contributed by atoms with E-state index in [4.69, 9.17) is 4.74 Å². The number of halogens is 1. The van der Waals surface area contributed by atoms with Gasteiger partial charge >= 0.3 is 0 Å². The first kappa shape index (κ1) is 14.7. The van der Waals surface area contributed by atoms with Crippen LogP contribution in [0.4, 0.5) is 0 Å². The molecule has 0 fully saturated rings. The SMILES string of the molecule is CCC/C=N/NC(=O)C(C)Oc1ccc(Br)cc1. The number of carbonyl (C=O) groups excluding carboxylic acids is 1. The van der Waals surface area contributed by atoms with Gasteiger partial charge in [-0.25, -0.2) is 5.43 Å². The van der Waals surface area contributed by atoms with Crippen LogP contribution in [0.5, 0.6) is 5.75 Å². The molecule has 0 spiro atoms. The number of carbonyl (C=O) groups is 1. The van der Waals surface area contributed by atoms with Crippen molar-refractivity contribution in [1.82, 2.24) is 5.43 Å². The molecular weight excluding hydrogens is 296 g/mol. The van der Waals surface area contributed by atoms with Crippen molar-refractivity contribution in [2.24, 2.45) is 5.10 Å². The minimum Gasteiger partial charge on any atom is -0.481 e. The predicted octanol–water partition coefficient (Wildman–Crippen LogP) is 3.12. The summed E-state index contributed by atoms with van der Waals surface area (Å²) in [5.74, 6) is 0.392. The van der Waals surface area contributed by atoms with Gasteiger partial charge in [-0.15, -0.1) is 0 Å². The summed E-state index contributed by atoms with van der Waals surface area (Å²) in [6.45, 7) is 3.74. The van der Waals surface area contributed by atoms with Gasteiger partial charge in [0.25, 0.3) is 5.91 Å². The third-order valence-corrected chi connectivity index (χ3v) is 2.71. The van der Waals surface area contributed by atoms with E-state index in [1.807, 2.05) is 19.1 Å². The molecule has 0 aliphatic rings. The largest absolute Gasteiger partial charge is 0.481 e. The van der Waals surface area contributed by atoms with E-state index in [2.05, 4.69) is 26.5 Å². The molecule has 98 valence electrons. The minimum atomic E-state index is -0.579. The topological polar surface area (TPSA) is 50.7 Å². The first-order chi connectivity index (χ1) is 8.63. The average Bonchev–Trinajstić information content (AvgIpc) is 2.37. The lowest BCUT2D eigenvalue weighted by Gasteiger charge is -2.12. The number of benzene rings is 1. The molecule has 0 aliphatic carbocycles. The van der Waals surface area contributed by atoms with Crippen molar-refractivity contribution < 1.29 is 9.53 Å². The summed E-state index contributed by atoms with van der Waals surface area (Å²) in [6, 6.07) is 7.32. The molecule has 0 aromatic heterocycles. The zero-order valence-corrected chi connectivity index (χ0v) is 12.1. The third-order valence-electron chi connectivity index (χ3n) is 2.18. The summed E-state index contributed by atoms with van der Waals surface area (Å²) in [5, 5.41) is 3.83. The number of nitrogens with zero attached hydrogens (tertiary/aromatic N) is 1. The van der Waals surface area contributed by atoms with Crippen LogP contribution >= 0.6 is 15.9 Å². The van der Waals surface area contributed by atoms with Crippen LogP contribution in [0.3, 0.4) is 0 Å². The molecule has 1 aromatic carbocycles. The van der Waals surface area contributed by atoms with Crippen LogP contribution in [0, 0.1) is 0 Å². The quantitative estimate of drug-likeness (QED) is 0.648. The van der Waals surface area contributed by atoms with E-state index in [1.54, 1.807) is 25.3 Å². The number of ether oxygens (including phenoxy) is 1. The van der Waals surface area contributed by atoms with Crippen LogP contribution in [0.1, 0.15) is 26.7 Å². The van der Waals surface area contributed by atoms with E-state index in [-0.39, 0.29) is 5.91 Å². The molecular formula is C13H17BrN2O2. The van der Waals surface area contributed by atoms with Crippen molar-refractivity contribution in [2.45, 2.75) is 32.8 Å². The summed E-state index contributed by atoms with van der Waals surface area (Å²) in [6.07, 6.45) is 2.96. The second kappa shape index (κ2) is 7.87. The highest BCUT2D eigenvalue weighted by molar-refractivity contribution is 9.10. The zero-order valence-electron chi connectivity index (χ0n) is 10.5. The van der Waals surface area contributed by atoms with E-state index < -0.39 is 6.10 Å². The summed E-state index contributed by atoms with van der Waals surface area (Å²) in [4.78, 5) is 11.6. The average molecular weight is 313 g/mol. The monoisotopic (exact) mass is 312 g/mol. The fourth-order valence-corrected chi connectivity index (χ4v) is 1.43. The van der Waals surface area contributed by atoms with E-state index in [0.29, 0.717) is 5.75 Å². The molecule has 0 aliphatic heterocycles. The van der Waals surface area contributed by atoms with E-state index >= 15 is 0 Å². The Labute approximate surface area is 116 Å². The minimum absolute atomic E-state index is 0.259. The first-order valence-corrected chi connectivity index (χ1v) is 6.66. The van der Waals surface area contributed by atoms with Gasteiger partial charge in [0, 0.05) is 10.7 Å². The summed E-state index contributed by atoms with van der Waals surface area (Å²) in [7, 11) is 0. The molecule has 1 amide bonds. The van der Waals surface area contributed by atoms with Gasteiger partial charge in [0.2, 0.25) is 0 Å². The molecule has 18 heavy (non-hydrogen) atoms. The third kappa shape index (κ3) is 5.31. The van der Waals surface area contributed by atoms with Gasteiger partial charge in [0.15, 0.2) is 6.10 Å². The lowest BCUT2D eigenvalue weighted by atomic mass is 10.3. The number of hydrogen-bond donors (Lipinski definition) is 1. The fraction of sp³-hybridized carbons (Fsp3) is 0.385. The van der Waals surface area contributed by atoms with Crippen molar-refractivity contribution in [2.75, 3.05) is 0 Å². The maximum Gasteiger partial charge on any atom is 0.280 e. The molecule has 1 aromatic rings. The van der Waals surface area contributed by atoms with Crippen LogP contribution < -0.4 is 10.2 Å². The Balaban J connectivity index is 2.42. The number of nitrogens with one attached hydrogen (secondary N) is 1. The van der Waals surface area contributed by atoms with E-state index in [9.17, 15) is 4.79 Å². The van der Waals surface area contributed by atoms with Crippen LogP contribution in [0.25, 0.3) is 0 Å². The van der Waals surface area contributed by atoms with Crippen LogP contribution in [0.2, 0.25) is 0 Å². The standard InChI is InChI=1S/C13H17BrN2O2/c1-3-4-9-15-16-13(17)10(2)18-12-7-5-11(14)6-8-12/h5-10H,3-4H2,1-2H3,(H,16,17)/b15-9+. The Morgan fingerprint density at radius 1 is 1.50 bits per heavy atom. The van der Waals surface area contributed by atoms with Crippen molar-refractivity contribution in [3.05, 3.63) is 28.7 Å². The Hall–Kier alpha value is -1.36. The number of unbranched alkanes of at least 4 members (excludes halogenated alkanes) is 1. The summed E-state index contributed by atoms with van der Waals surface area (Å²) in [5.41, 5.74) is 2.45. The van der Waals surface area contributed by atoms with Crippen molar-refractivity contribution >= 4 is 28.1 Å². The van der Waals surface area contributed by atoms with E-state index in [1.165, 1.54) is 0 Å². The molecule has 0 bridgehead atoms. The van der Waals surface area contributed by atoms with Crippen LogP contribution in [0.15, 0.2) is 33.8 Å². The highest BCUT2D eigenvalue weighted by atomic mass is 79.9. The fourth-order valence-electron chi connectivity index (χ4n) is 1.16. The highest BCUT2D eigenvalue weighted by Crippen LogP contribution is 2.17. The van der Waals surface area contributed by atoms with Gasteiger partial charge in [-0.3, -0.25) is 4.79 Å². The van der Waals surface area contributed by atoms with Gasteiger partial charge in [-0.1, -0.05) is 29.3 Å². The molecule has 0 saturated carbocycles. The van der Waals surface area contributed by atoms with Crippen molar-refractivity contribution in [1.29, 1.82) is 0 Å². The molecule has 4 nitrogen and oxygen atoms in total. The maximum absolute atomic E-state index is 11.6. The molecule has 0 heterocycles. The molecule has 0 saturated heterocycles. The second-order valence-electron chi connectivity index (χ2n) is 3.79. The Bertz CT molecular complexity index is 404. The van der Waals surface area contributed by atoms with Gasteiger partial charge < -0.3 is 4.74 Å². The number of hydrogen-bond acceptors (Lipinski definition) is 3. The molecule has 1 N–H and O–H groups in total. The highest BCUT2D eigenvalue weighted by Gasteiger charge is 2.13. The number of hydrazone groups is 1. The van der Waals surface area contributed by atoms with Crippen LogP contribution in [-0.4, -0.2) is 18.2 Å². The normalized spacial score (nSPS) is 12.4. The van der Waals surface area contributed by atoms with E-state index in [0.717, 1.165) is 17.3 Å². The zero-order chi connectivity index (χ0) is 13.4. The molecule has 5 heteroatoms. The van der Waals surface area contributed by atoms with Crippen LogP contribution in [-0.2, 0) is 4.79 Å². The van der Waals surface area contributed by atoms with Gasteiger partial charge in [0.05, 0.1) is 0 Å².